The molecular formula is C26H25N7O. The van der Waals surface area contributed by atoms with Gasteiger partial charge in [-0.15, -0.1) is 0 Å². The van der Waals surface area contributed by atoms with Crippen molar-refractivity contribution in [2.75, 3.05) is 20.6 Å². The number of hydrogen-bond donors (Lipinski definition) is 1. The highest BCUT2D eigenvalue weighted by Gasteiger charge is 2.36. The lowest BCUT2D eigenvalue weighted by Crippen LogP contribution is -2.41. The van der Waals surface area contributed by atoms with Crippen molar-refractivity contribution in [3.63, 3.8) is 0 Å². The highest BCUT2D eigenvalue weighted by Crippen LogP contribution is 2.35. The molecule has 0 saturated heterocycles. The van der Waals surface area contributed by atoms with Crippen LogP contribution in [0.15, 0.2) is 67.4 Å². The molecular weight excluding hydrogens is 426 g/mol. The third-order valence-electron chi connectivity index (χ3n) is 6.42. The second kappa shape index (κ2) is 8.07. The van der Waals surface area contributed by atoms with Gasteiger partial charge in [0.05, 0.1) is 35.0 Å². The molecule has 8 heteroatoms. The smallest absolute Gasteiger partial charge is 0.258 e. The molecule has 0 aliphatic carbocycles. The van der Waals surface area contributed by atoms with Crippen LogP contribution in [-0.4, -0.2) is 60.9 Å². The highest BCUT2D eigenvalue weighted by molar-refractivity contribution is 6.01. The Hall–Kier alpha value is -4.04. The van der Waals surface area contributed by atoms with E-state index in [0.29, 0.717) is 12.1 Å². The summed E-state index contributed by atoms with van der Waals surface area (Å²) in [5.41, 5.74) is 5.23. The molecule has 5 aromatic rings. The van der Waals surface area contributed by atoms with Crippen LogP contribution in [0.1, 0.15) is 39.0 Å². The van der Waals surface area contributed by atoms with E-state index in [0.717, 1.165) is 51.9 Å². The maximum atomic E-state index is 13.9. The molecule has 0 unspecified atom stereocenters. The molecule has 0 fully saturated rings. The van der Waals surface area contributed by atoms with Gasteiger partial charge in [-0.2, -0.15) is 5.10 Å². The van der Waals surface area contributed by atoms with E-state index >= 15 is 0 Å². The van der Waals surface area contributed by atoms with Crippen molar-refractivity contribution in [2.45, 2.75) is 19.0 Å². The Morgan fingerprint density at radius 1 is 1.12 bits per heavy atom. The number of aromatic nitrogens is 5. The van der Waals surface area contributed by atoms with Crippen molar-refractivity contribution in [2.24, 2.45) is 0 Å². The lowest BCUT2D eigenvalue weighted by Gasteiger charge is -2.34. The van der Waals surface area contributed by atoms with Crippen molar-refractivity contribution < 1.29 is 4.79 Å². The zero-order valence-corrected chi connectivity index (χ0v) is 19.1. The van der Waals surface area contributed by atoms with Crippen molar-refractivity contribution in [3.05, 3.63) is 95.6 Å². The van der Waals surface area contributed by atoms with Crippen LogP contribution in [0.2, 0.25) is 0 Å². The topological polar surface area (TPSA) is 82.4 Å². The van der Waals surface area contributed by atoms with Gasteiger partial charge < -0.3 is 14.8 Å². The molecule has 1 aliphatic rings. The molecule has 34 heavy (non-hydrogen) atoms. The number of benzene rings is 1. The Labute approximate surface area is 196 Å². The van der Waals surface area contributed by atoms with Crippen molar-refractivity contribution in [1.29, 1.82) is 0 Å². The number of carbonyl (C=O) groups is 1. The standard InChI is InChI=1S/C26H25N7O/c1-31(2)14-17-7-8-23-20(13-30-33(23)15-17)26(34)32-10-9-21-24(29-16-28-21)25(32)22-11-18-5-3-4-6-19(18)12-27-22/h3-8,11-13,15-16,25H,9-10,14H2,1-2H3,(H,28,29)/t25-/m0/s1. The average Bonchev–Trinajstić information content (AvgIpc) is 3.49. The van der Waals surface area contributed by atoms with Gasteiger partial charge in [0.25, 0.3) is 5.91 Å². The monoisotopic (exact) mass is 451 g/mol. The number of hydrogen-bond acceptors (Lipinski definition) is 5. The van der Waals surface area contributed by atoms with Crippen LogP contribution < -0.4 is 0 Å². The zero-order chi connectivity index (χ0) is 23.2. The predicted molar refractivity (Wildman–Crippen MR) is 129 cm³/mol. The third-order valence-corrected chi connectivity index (χ3v) is 6.42. The second-order valence-electron chi connectivity index (χ2n) is 9.04. The largest absolute Gasteiger partial charge is 0.348 e. The summed E-state index contributed by atoms with van der Waals surface area (Å²) in [7, 11) is 4.06. The summed E-state index contributed by atoms with van der Waals surface area (Å²) in [6.07, 6.45) is 7.94. The van der Waals surface area contributed by atoms with Gasteiger partial charge in [0.15, 0.2) is 0 Å². The first-order chi connectivity index (χ1) is 16.6. The summed E-state index contributed by atoms with van der Waals surface area (Å²) in [5.74, 6) is -0.0658. The van der Waals surface area contributed by atoms with Gasteiger partial charge in [-0.25, -0.2) is 9.50 Å². The van der Waals surface area contributed by atoms with Crippen molar-refractivity contribution in [3.8, 4) is 0 Å². The van der Waals surface area contributed by atoms with Crippen LogP contribution in [0.5, 0.6) is 0 Å². The number of aromatic amines is 1. The molecule has 1 atom stereocenters. The summed E-state index contributed by atoms with van der Waals surface area (Å²) in [6.45, 7) is 1.38. The molecule has 0 saturated carbocycles. The minimum absolute atomic E-state index is 0.0658. The molecule has 6 rings (SSSR count). The first-order valence-corrected chi connectivity index (χ1v) is 11.4. The van der Waals surface area contributed by atoms with E-state index < -0.39 is 0 Å². The third kappa shape index (κ3) is 3.43. The van der Waals surface area contributed by atoms with Gasteiger partial charge in [-0.3, -0.25) is 9.78 Å². The molecule has 8 nitrogen and oxygen atoms in total. The normalized spacial score (nSPS) is 15.9. The van der Waals surface area contributed by atoms with Gasteiger partial charge >= 0.3 is 0 Å². The summed E-state index contributed by atoms with van der Waals surface area (Å²) >= 11 is 0. The highest BCUT2D eigenvalue weighted by atomic mass is 16.2. The maximum absolute atomic E-state index is 13.9. The van der Waals surface area contributed by atoms with Crippen LogP contribution in [0.25, 0.3) is 16.3 Å². The number of imidazole rings is 1. The Kier molecular flexibility index (Phi) is 4.88. The van der Waals surface area contributed by atoms with E-state index in [9.17, 15) is 4.79 Å². The SMILES string of the molecule is CN(C)Cc1ccc2c(C(=O)N3CCc4[nH]cnc4[C@@H]3c3cc4ccccc4cn3)cnn2c1. The van der Waals surface area contributed by atoms with Gasteiger partial charge in [-0.1, -0.05) is 30.3 Å². The minimum atomic E-state index is -0.366. The number of H-pyrrole nitrogens is 1. The summed E-state index contributed by atoms with van der Waals surface area (Å²) < 4.78 is 1.79. The lowest BCUT2D eigenvalue weighted by molar-refractivity contribution is 0.0689. The second-order valence-corrected chi connectivity index (χ2v) is 9.04. The van der Waals surface area contributed by atoms with Gasteiger partial charge in [0.2, 0.25) is 0 Å². The first-order valence-electron chi connectivity index (χ1n) is 11.4. The van der Waals surface area contributed by atoms with Crippen LogP contribution in [0, 0.1) is 0 Å². The molecule has 0 spiro atoms. The molecule has 5 heterocycles. The fourth-order valence-electron chi connectivity index (χ4n) is 4.85. The number of nitrogens with zero attached hydrogens (tertiary/aromatic N) is 6. The van der Waals surface area contributed by atoms with E-state index in [4.69, 9.17) is 4.98 Å². The van der Waals surface area contributed by atoms with Crippen LogP contribution >= 0.6 is 0 Å². The zero-order valence-electron chi connectivity index (χ0n) is 19.1. The fourth-order valence-corrected chi connectivity index (χ4v) is 4.85. The molecule has 4 aromatic heterocycles. The van der Waals surface area contributed by atoms with Crippen molar-refractivity contribution >= 4 is 22.2 Å². The van der Waals surface area contributed by atoms with Gasteiger partial charge in [0, 0.05) is 43.0 Å². The number of amides is 1. The van der Waals surface area contributed by atoms with Gasteiger partial charge in [-0.05, 0) is 37.2 Å². The van der Waals surface area contributed by atoms with E-state index in [1.807, 2.05) is 55.7 Å². The average molecular weight is 452 g/mol. The number of rotatable bonds is 4. The number of carbonyl (C=O) groups excluding carboxylic acids is 1. The Balaban J connectivity index is 1.42. The predicted octanol–water partition coefficient (Wildman–Crippen LogP) is 3.46. The van der Waals surface area contributed by atoms with Gasteiger partial charge in [0.1, 0.15) is 6.04 Å². The molecule has 170 valence electrons. The molecule has 0 bridgehead atoms. The van der Waals surface area contributed by atoms with Crippen LogP contribution in [0.4, 0.5) is 0 Å². The Bertz CT molecular complexity index is 1520. The molecule has 1 aromatic carbocycles. The first kappa shape index (κ1) is 20.6. The molecule has 0 radical (unpaired) electrons. The number of nitrogens with one attached hydrogen (secondary N) is 1. The minimum Gasteiger partial charge on any atom is -0.348 e. The maximum Gasteiger partial charge on any atom is 0.258 e. The summed E-state index contributed by atoms with van der Waals surface area (Å²) in [6, 6.07) is 13.9. The number of fused-ring (bicyclic) bond motifs is 3. The Morgan fingerprint density at radius 3 is 2.82 bits per heavy atom. The van der Waals surface area contributed by atoms with E-state index in [2.05, 4.69) is 38.2 Å². The number of pyridine rings is 2. The fraction of sp³-hybridized carbons (Fsp3) is 0.231. The summed E-state index contributed by atoms with van der Waals surface area (Å²) in [4.78, 5) is 30.5. The molecule has 1 aliphatic heterocycles. The van der Waals surface area contributed by atoms with Crippen LogP contribution in [-0.2, 0) is 13.0 Å². The molecule has 1 N–H and O–H groups in total. The van der Waals surface area contributed by atoms with Crippen LogP contribution in [0.3, 0.4) is 0 Å². The van der Waals surface area contributed by atoms with E-state index in [1.54, 1.807) is 17.0 Å². The lowest BCUT2D eigenvalue weighted by atomic mass is 9.97. The Morgan fingerprint density at radius 2 is 1.97 bits per heavy atom. The van der Waals surface area contributed by atoms with Crippen molar-refractivity contribution in [1.82, 2.24) is 34.4 Å². The summed E-state index contributed by atoms with van der Waals surface area (Å²) in [5, 5.41) is 6.65. The van der Waals surface area contributed by atoms with E-state index in [1.165, 1.54) is 0 Å². The molecule has 1 amide bonds. The quantitative estimate of drug-likeness (QED) is 0.453. The van der Waals surface area contributed by atoms with E-state index in [-0.39, 0.29) is 11.9 Å².